The molecule has 1 aliphatic rings. The summed E-state index contributed by atoms with van der Waals surface area (Å²) in [5, 5.41) is 2.95. The Morgan fingerprint density at radius 3 is 3.00 bits per heavy atom. The van der Waals surface area contributed by atoms with Gasteiger partial charge in [0.15, 0.2) is 5.95 Å². The number of hydrogen-bond acceptors (Lipinski definition) is 3. The molecule has 0 unspecified atom stereocenters. The third kappa shape index (κ3) is 1.55. The summed E-state index contributed by atoms with van der Waals surface area (Å²) < 4.78 is 0. The summed E-state index contributed by atoms with van der Waals surface area (Å²) in [5.74, 6) is 0.876. The van der Waals surface area contributed by atoms with E-state index in [0.29, 0.717) is 6.42 Å². The van der Waals surface area contributed by atoms with E-state index in [1.807, 2.05) is 32.3 Å². The minimum Gasteiger partial charge on any atom is -0.359 e. The molecule has 3 rings (SSSR count). The van der Waals surface area contributed by atoms with Crippen molar-refractivity contribution in [2.45, 2.75) is 6.42 Å². The number of rotatable bonds is 2. The van der Waals surface area contributed by atoms with E-state index in [1.165, 1.54) is 0 Å². The first kappa shape index (κ1) is 10.8. The lowest BCUT2D eigenvalue weighted by Gasteiger charge is -2.10. The highest BCUT2D eigenvalue weighted by atomic mass is 16.2. The largest absolute Gasteiger partial charge is 0.359 e. The van der Waals surface area contributed by atoms with Crippen molar-refractivity contribution in [3.63, 3.8) is 0 Å². The van der Waals surface area contributed by atoms with E-state index in [1.54, 1.807) is 11.1 Å². The molecule has 1 amide bonds. The van der Waals surface area contributed by atoms with Gasteiger partial charge in [0.1, 0.15) is 0 Å². The summed E-state index contributed by atoms with van der Waals surface area (Å²) in [6.45, 7) is 0. The number of likely N-dealkylation sites (N-methyl/N-ethyl adjacent to an activating group) is 1. The molecule has 0 saturated carbocycles. The van der Waals surface area contributed by atoms with Gasteiger partial charge in [0.2, 0.25) is 5.91 Å². The first-order chi connectivity index (χ1) is 8.69. The molecular formula is C13H14N4O. The highest BCUT2D eigenvalue weighted by molar-refractivity contribution is 6.01. The van der Waals surface area contributed by atoms with Gasteiger partial charge in [-0.15, -0.1) is 0 Å². The number of imidazole rings is 1. The summed E-state index contributed by atoms with van der Waals surface area (Å²) in [5.41, 5.74) is 4.06. The van der Waals surface area contributed by atoms with Crippen molar-refractivity contribution in [1.82, 2.24) is 9.97 Å². The molecule has 2 aromatic rings. The van der Waals surface area contributed by atoms with Gasteiger partial charge in [-0.1, -0.05) is 6.07 Å². The average Bonchev–Trinajstić information content (AvgIpc) is 2.95. The van der Waals surface area contributed by atoms with Crippen LogP contribution in [-0.4, -0.2) is 30.0 Å². The van der Waals surface area contributed by atoms with E-state index in [9.17, 15) is 4.79 Å². The van der Waals surface area contributed by atoms with E-state index in [-0.39, 0.29) is 5.91 Å². The zero-order valence-corrected chi connectivity index (χ0v) is 10.3. The number of H-pyrrole nitrogens is 1. The second-order valence-corrected chi connectivity index (χ2v) is 4.37. The van der Waals surface area contributed by atoms with Crippen molar-refractivity contribution in [2.24, 2.45) is 0 Å². The Balaban J connectivity index is 2.01. The first-order valence-electron chi connectivity index (χ1n) is 5.81. The van der Waals surface area contributed by atoms with Crippen molar-refractivity contribution in [1.29, 1.82) is 0 Å². The van der Waals surface area contributed by atoms with Crippen LogP contribution in [0.5, 0.6) is 0 Å². The van der Waals surface area contributed by atoms with Gasteiger partial charge in [-0.25, -0.2) is 4.98 Å². The van der Waals surface area contributed by atoms with Gasteiger partial charge < -0.3 is 15.2 Å². The summed E-state index contributed by atoms with van der Waals surface area (Å²) >= 11 is 0. The lowest BCUT2D eigenvalue weighted by molar-refractivity contribution is -0.117. The number of carbonyl (C=O) groups is 1. The lowest BCUT2D eigenvalue weighted by Crippen LogP contribution is -2.20. The predicted molar refractivity (Wildman–Crippen MR) is 70.7 cm³/mol. The Morgan fingerprint density at radius 1 is 1.44 bits per heavy atom. The number of amides is 1. The third-order valence-electron chi connectivity index (χ3n) is 3.28. The van der Waals surface area contributed by atoms with Crippen molar-refractivity contribution in [3.8, 4) is 11.3 Å². The number of nitrogens with one attached hydrogen (secondary N) is 2. The fourth-order valence-electron chi connectivity index (χ4n) is 2.23. The van der Waals surface area contributed by atoms with Crippen molar-refractivity contribution >= 4 is 17.5 Å². The van der Waals surface area contributed by atoms with E-state index in [2.05, 4.69) is 15.3 Å². The Labute approximate surface area is 105 Å². The van der Waals surface area contributed by atoms with Crippen LogP contribution in [-0.2, 0) is 11.2 Å². The molecular weight excluding hydrogens is 228 g/mol. The second-order valence-electron chi connectivity index (χ2n) is 4.37. The van der Waals surface area contributed by atoms with Gasteiger partial charge in [0, 0.05) is 25.3 Å². The summed E-state index contributed by atoms with van der Waals surface area (Å²) in [4.78, 5) is 20.7. The molecule has 0 aliphatic carbocycles. The van der Waals surface area contributed by atoms with Crippen LogP contribution in [0.15, 0.2) is 24.4 Å². The Morgan fingerprint density at radius 2 is 2.28 bits per heavy atom. The number of aromatic amines is 1. The molecule has 2 heterocycles. The average molecular weight is 242 g/mol. The molecule has 1 aromatic heterocycles. The van der Waals surface area contributed by atoms with Crippen LogP contribution in [0.3, 0.4) is 0 Å². The maximum absolute atomic E-state index is 11.6. The molecule has 1 aromatic carbocycles. The number of carbonyl (C=O) groups excluding carboxylic acids is 1. The SMILES string of the molecule is CNc1ncc(-c2ccc3c(c2)CC(=O)N3C)[nH]1. The molecule has 5 nitrogen and oxygen atoms in total. The van der Waals surface area contributed by atoms with Gasteiger partial charge in [-0.05, 0) is 17.7 Å². The fourth-order valence-corrected chi connectivity index (χ4v) is 2.23. The van der Waals surface area contributed by atoms with Crippen molar-refractivity contribution in [2.75, 3.05) is 24.3 Å². The lowest BCUT2D eigenvalue weighted by atomic mass is 10.1. The normalized spacial score (nSPS) is 13.9. The summed E-state index contributed by atoms with van der Waals surface area (Å²) in [6, 6.07) is 6.03. The molecule has 0 spiro atoms. The molecule has 0 saturated heterocycles. The van der Waals surface area contributed by atoms with E-state index < -0.39 is 0 Å². The van der Waals surface area contributed by atoms with Crippen molar-refractivity contribution in [3.05, 3.63) is 30.0 Å². The highest BCUT2D eigenvalue weighted by Gasteiger charge is 2.24. The van der Waals surface area contributed by atoms with Crippen LogP contribution in [0, 0.1) is 0 Å². The minimum absolute atomic E-state index is 0.141. The van der Waals surface area contributed by atoms with E-state index in [0.717, 1.165) is 28.5 Å². The number of hydrogen-bond donors (Lipinski definition) is 2. The summed E-state index contributed by atoms with van der Waals surface area (Å²) in [6.07, 6.45) is 2.26. The Hall–Kier alpha value is -2.30. The fraction of sp³-hybridized carbons (Fsp3) is 0.231. The smallest absolute Gasteiger partial charge is 0.231 e. The van der Waals surface area contributed by atoms with Crippen LogP contribution in [0.1, 0.15) is 5.56 Å². The number of fused-ring (bicyclic) bond motifs is 1. The van der Waals surface area contributed by atoms with Gasteiger partial charge >= 0.3 is 0 Å². The molecule has 0 bridgehead atoms. The minimum atomic E-state index is 0.141. The number of anilines is 2. The topological polar surface area (TPSA) is 61.0 Å². The first-order valence-corrected chi connectivity index (χ1v) is 5.81. The van der Waals surface area contributed by atoms with Gasteiger partial charge in [0.05, 0.1) is 18.3 Å². The Bertz CT molecular complexity index is 617. The van der Waals surface area contributed by atoms with Crippen LogP contribution in [0.25, 0.3) is 11.3 Å². The quantitative estimate of drug-likeness (QED) is 0.841. The summed E-state index contributed by atoms with van der Waals surface area (Å²) in [7, 11) is 3.63. The maximum atomic E-state index is 11.6. The zero-order valence-electron chi connectivity index (χ0n) is 10.3. The third-order valence-corrected chi connectivity index (χ3v) is 3.28. The molecule has 2 N–H and O–H groups in total. The molecule has 1 aliphatic heterocycles. The van der Waals surface area contributed by atoms with Crippen LogP contribution in [0.2, 0.25) is 0 Å². The van der Waals surface area contributed by atoms with Crippen LogP contribution < -0.4 is 10.2 Å². The Kier molecular flexibility index (Phi) is 2.33. The molecule has 92 valence electrons. The zero-order chi connectivity index (χ0) is 12.7. The molecule has 0 radical (unpaired) electrons. The molecule has 0 atom stereocenters. The second kappa shape index (κ2) is 3.87. The van der Waals surface area contributed by atoms with Gasteiger partial charge in [-0.2, -0.15) is 0 Å². The van der Waals surface area contributed by atoms with Gasteiger partial charge in [0.25, 0.3) is 0 Å². The van der Waals surface area contributed by atoms with E-state index in [4.69, 9.17) is 0 Å². The maximum Gasteiger partial charge on any atom is 0.231 e. The van der Waals surface area contributed by atoms with Crippen LogP contribution >= 0.6 is 0 Å². The standard InChI is InChI=1S/C13H14N4O/c1-14-13-15-7-10(16-13)8-3-4-11-9(5-8)6-12(18)17(11)2/h3-5,7H,6H2,1-2H3,(H2,14,15,16). The van der Waals surface area contributed by atoms with E-state index >= 15 is 0 Å². The number of aromatic nitrogens is 2. The van der Waals surface area contributed by atoms with Crippen molar-refractivity contribution < 1.29 is 4.79 Å². The monoisotopic (exact) mass is 242 g/mol. The van der Waals surface area contributed by atoms with Gasteiger partial charge in [-0.3, -0.25) is 4.79 Å². The predicted octanol–water partition coefficient (Wildman–Crippen LogP) is 1.64. The molecule has 5 heteroatoms. The molecule has 18 heavy (non-hydrogen) atoms. The number of nitrogens with zero attached hydrogens (tertiary/aromatic N) is 2. The molecule has 0 fully saturated rings. The number of benzene rings is 1. The van der Waals surface area contributed by atoms with Crippen LogP contribution in [0.4, 0.5) is 11.6 Å². The highest BCUT2D eigenvalue weighted by Crippen LogP contribution is 2.31.